The molecule has 0 aliphatic rings. The molecule has 0 saturated heterocycles. The highest BCUT2D eigenvalue weighted by Gasteiger charge is 2.33. The fourth-order valence-electron chi connectivity index (χ4n) is 1.72. The Bertz CT molecular complexity index is 708. The van der Waals surface area contributed by atoms with Crippen molar-refractivity contribution < 1.29 is 27.4 Å². The molecule has 2 aromatic rings. The van der Waals surface area contributed by atoms with Crippen LogP contribution in [-0.2, 0) is 6.61 Å². The van der Waals surface area contributed by atoms with Gasteiger partial charge in [0.15, 0.2) is 0 Å². The number of hydrogen-bond acceptors (Lipinski definition) is 5. The Kier molecular flexibility index (Phi) is 5.42. The molecular weight excluding hydrogens is 403 g/mol. The van der Waals surface area contributed by atoms with Gasteiger partial charge >= 0.3 is 6.36 Å². The molecule has 0 radical (unpaired) electrons. The number of rotatable bonds is 5. The summed E-state index contributed by atoms with van der Waals surface area (Å²) in [6, 6.07) is 5.17. The number of carbonyl (C=O) groups excluding carboxylic acids is 1. The summed E-state index contributed by atoms with van der Waals surface area (Å²) < 4.78 is 50.1. The van der Waals surface area contributed by atoms with Crippen molar-refractivity contribution in [3.63, 3.8) is 0 Å². The molecule has 23 heavy (non-hydrogen) atoms. The van der Waals surface area contributed by atoms with Gasteiger partial charge in [-0.3, -0.25) is 9.14 Å². The van der Waals surface area contributed by atoms with Crippen molar-refractivity contribution in [1.29, 1.82) is 0 Å². The predicted octanol–water partition coefficient (Wildman–Crippen LogP) is 3.09. The molecule has 124 valence electrons. The van der Waals surface area contributed by atoms with E-state index in [1.165, 1.54) is 28.5 Å². The van der Waals surface area contributed by atoms with Crippen LogP contribution in [0.5, 0.6) is 11.6 Å². The van der Waals surface area contributed by atoms with E-state index in [9.17, 15) is 18.0 Å². The zero-order valence-corrected chi connectivity index (χ0v) is 13.7. The van der Waals surface area contributed by atoms with Crippen molar-refractivity contribution in [2.45, 2.75) is 13.0 Å². The maximum atomic E-state index is 12.5. The largest absolute Gasteiger partial charge is 0.573 e. The third kappa shape index (κ3) is 4.79. The number of thiol groups is 1. The monoisotopic (exact) mass is 411 g/mol. The van der Waals surface area contributed by atoms with Crippen LogP contribution in [0.25, 0.3) is 0 Å². The van der Waals surface area contributed by atoms with Crippen LogP contribution in [-0.4, -0.2) is 21.5 Å². The molecule has 2 rings (SSSR count). The van der Waals surface area contributed by atoms with Crippen LogP contribution in [0.15, 0.2) is 30.5 Å². The summed E-state index contributed by atoms with van der Waals surface area (Å²) in [4.78, 5) is 11.8. The van der Waals surface area contributed by atoms with Gasteiger partial charge in [-0.05, 0) is 24.9 Å². The van der Waals surface area contributed by atoms with E-state index in [1.807, 2.05) is 0 Å². The molecule has 0 spiro atoms. The molecule has 6 nitrogen and oxygen atoms in total. The van der Waals surface area contributed by atoms with Crippen LogP contribution < -0.4 is 13.8 Å². The van der Waals surface area contributed by atoms with Crippen molar-refractivity contribution in [1.82, 2.24) is 13.5 Å². The van der Waals surface area contributed by atoms with Crippen LogP contribution in [0, 0.1) is 0 Å². The predicted molar refractivity (Wildman–Crippen MR) is 80.5 cm³/mol. The number of nitrogens with one attached hydrogen (secondary N) is 1. The normalized spacial score (nSPS) is 11.2. The van der Waals surface area contributed by atoms with Crippen LogP contribution in [0.1, 0.15) is 15.9 Å². The number of alkyl halides is 3. The van der Waals surface area contributed by atoms with Gasteiger partial charge in [-0.2, -0.15) is 0 Å². The first-order valence-electron chi connectivity index (χ1n) is 5.96. The molecule has 0 unspecified atom stereocenters. The summed E-state index contributed by atoms with van der Waals surface area (Å²) in [6.45, 7) is -0.354. The molecule has 1 amide bonds. The summed E-state index contributed by atoms with van der Waals surface area (Å²) in [5.41, 5.74) is -0.107. The molecule has 0 atom stereocenters. The summed E-state index contributed by atoms with van der Waals surface area (Å²) in [5, 5.41) is 3.81. The van der Waals surface area contributed by atoms with Crippen molar-refractivity contribution >= 4 is 34.9 Å². The number of benzene rings is 1. The van der Waals surface area contributed by atoms with E-state index >= 15 is 0 Å². The lowest BCUT2D eigenvalue weighted by Crippen LogP contribution is -2.21. The number of amides is 1. The first kappa shape index (κ1) is 17.5. The van der Waals surface area contributed by atoms with Gasteiger partial charge in [0, 0.05) is 34.0 Å². The van der Waals surface area contributed by atoms with E-state index in [0.717, 1.165) is 6.07 Å². The van der Waals surface area contributed by atoms with Gasteiger partial charge in [-0.25, -0.2) is 4.09 Å². The molecular formula is C12H9BrF3N3O3S. The van der Waals surface area contributed by atoms with E-state index in [-0.39, 0.29) is 23.6 Å². The Morgan fingerprint density at radius 3 is 2.70 bits per heavy atom. The van der Waals surface area contributed by atoms with Crippen LogP contribution in [0.3, 0.4) is 0 Å². The molecule has 11 heteroatoms. The molecule has 0 aliphatic carbocycles. The van der Waals surface area contributed by atoms with Gasteiger partial charge in [0.2, 0.25) is 5.88 Å². The maximum absolute atomic E-state index is 12.5. The summed E-state index contributed by atoms with van der Waals surface area (Å²) in [7, 11) is 0. The molecule has 1 aromatic carbocycles. The minimum Gasteiger partial charge on any atom is -0.472 e. The Hall–Kier alpha value is -1.88. The molecule has 1 N–H and O–H groups in total. The lowest BCUT2D eigenvalue weighted by atomic mass is 10.1. The highest BCUT2D eigenvalue weighted by atomic mass is 79.9. The first-order chi connectivity index (χ1) is 10.8. The fourth-order valence-corrected chi connectivity index (χ4v) is 2.09. The maximum Gasteiger partial charge on any atom is 0.573 e. The Morgan fingerprint density at radius 2 is 2.13 bits per heavy atom. The quantitative estimate of drug-likeness (QED) is 0.586. The number of aromatic nitrogens is 2. The van der Waals surface area contributed by atoms with E-state index < -0.39 is 18.0 Å². The summed E-state index contributed by atoms with van der Waals surface area (Å²) >= 11 is 6.65. The minimum absolute atomic E-state index is 0.0334. The van der Waals surface area contributed by atoms with Gasteiger partial charge < -0.3 is 9.47 Å². The second-order valence-corrected chi connectivity index (χ2v) is 4.92. The molecule has 0 fully saturated rings. The van der Waals surface area contributed by atoms with Gasteiger partial charge in [0.1, 0.15) is 12.4 Å². The van der Waals surface area contributed by atoms with E-state index in [2.05, 4.69) is 43.1 Å². The topological polar surface area (TPSA) is 65.4 Å². The van der Waals surface area contributed by atoms with Crippen molar-refractivity contribution in [3.05, 3.63) is 41.6 Å². The van der Waals surface area contributed by atoms with Crippen molar-refractivity contribution in [2.75, 3.05) is 0 Å². The van der Waals surface area contributed by atoms with Gasteiger partial charge in [-0.15, -0.1) is 18.3 Å². The summed E-state index contributed by atoms with van der Waals surface area (Å²) in [6.07, 6.45) is -3.42. The van der Waals surface area contributed by atoms with Gasteiger partial charge in [0.25, 0.3) is 5.91 Å². The number of carbonyl (C=O) groups is 1. The molecule has 1 heterocycles. The highest BCUT2D eigenvalue weighted by molar-refractivity contribution is 9.08. The van der Waals surface area contributed by atoms with Crippen LogP contribution in [0.2, 0.25) is 0 Å². The fraction of sp³-hybridized carbons (Fsp3) is 0.167. The number of nitrogens with zero attached hydrogens (tertiary/aromatic N) is 2. The number of halogens is 4. The van der Waals surface area contributed by atoms with Gasteiger partial charge in [0.05, 0.1) is 5.56 Å². The lowest BCUT2D eigenvalue weighted by Gasteiger charge is -2.16. The van der Waals surface area contributed by atoms with Crippen molar-refractivity contribution in [3.8, 4) is 11.6 Å². The van der Waals surface area contributed by atoms with E-state index in [1.54, 1.807) is 0 Å². The number of ether oxygens (including phenoxy) is 2. The second kappa shape index (κ2) is 7.13. The second-order valence-electron chi connectivity index (χ2n) is 4.12. The molecule has 0 aliphatic heterocycles. The minimum atomic E-state index is -4.90. The van der Waals surface area contributed by atoms with Crippen LogP contribution in [0.4, 0.5) is 13.2 Å². The summed E-state index contributed by atoms with van der Waals surface area (Å²) in [5.74, 6) is -1.04. The first-order valence-corrected chi connectivity index (χ1v) is 7.16. The molecule has 1 aromatic heterocycles. The molecule has 0 saturated carbocycles. The van der Waals surface area contributed by atoms with Crippen LogP contribution >= 0.6 is 29.0 Å². The van der Waals surface area contributed by atoms with Gasteiger partial charge in [-0.1, -0.05) is 6.07 Å². The van der Waals surface area contributed by atoms with E-state index in [0.29, 0.717) is 0 Å². The highest BCUT2D eigenvalue weighted by Crippen LogP contribution is 2.29. The zero-order chi connectivity index (χ0) is 17.0. The Balaban J connectivity index is 2.33. The average Bonchev–Trinajstić information content (AvgIpc) is 2.89. The Morgan fingerprint density at radius 1 is 1.39 bits per heavy atom. The Labute approximate surface area is 142 Å². The third-order valence-electron chi connectivity index (χ3n) is 2.61. The standard InChI is InChI=1S/C12H9BrF3N3O3S/c13-17-11(20)7-2-1-3-9(22-12(14,15)16)8(7)6-21-10-4-5-19(23)18-10/h1-5,23H,6H2,(H,17,20). The van der Waals surface area contributed by atoms with Crippen molar-refractivity contribution in [2.24, 2.45) is 0 Å². The lowest BCUT2D eigenvalue weighted by molar-refractivity contribution is -0.275. The number of hydrogen-bond donors (Lipinski definition) is 2. The SMILES string of the molecule is O=C(NBr)c1cccc(OC(F)(F)F)c1COc1ccn(S)n1. The average molecular weight is 412 g/mol. The van der Waals surface area contributed by atoms with E-state index in [4.69, 9.17) is 4.74 Å². The zero-order valence-electron chi connectivity index (χ0n) is 11.2. The smallest absolute Gasteiger partial charge is 0.472 e. The molecule has 0 bridgehead atoms. The third-order valence-corrected chi connectivity index (χ3v) is 3.19.